The Morgan fingerprint density at radius 1 is 1.00 bits per heavy atom. The number of furan rings is 1. The molecule has 0 aliphatic rings. The van der Waals surface area contributed by atoms with Crippen molar-refractivity contribution in [3.63, 3.8) is 0 Å². The zero-order valence-electron chi connectivity index (χ0n) is 21.8. The zero-order valence-corrected chi connectivity index (χ0v) is 28.7. The number of methoxy groups -OCH3 is 1. The third kappa shape index (κ3) is 5.92. The van der Waals surface area contributed by atoms with Crippen LogP contribution >= 0.6 is 70.4 Å². The van der Waals surface area contributed by atoms with Crippen LogP contribution in [0.1, 0.15) is 11.1 Å². The summed E-state index contributed by atoms with van der Waals surface area (Å²) in [5.74, 6) is 1.88. The number of hydrogen-bond acceptors (Lipinski definition) is 6. The minimum absolute atomic E-state index is 0.295. The van der Waals surface area contributed by atoms with Gasteiger partial charge in [0.1, 0.15) is 12.2 Å². The minimum Gasteiger partial charge on any atom is -0.493 e. The number of para-hydroxylation sites is 1. The van der Waals surface area contributed by atoms with Gasteiger partial charge in [-0.3, -0.25) is 4.79 Å². The molecule has 2 aromatic heterocycles. The van der Waals surface area contributed by atoms with Gasteiger partial charge < -0.3 is 13.9 Å². The Morgan fingerprint density at radius 3 is 2.60 bits per heavy atom. The van der Waals surface area contributed by atoms with E-state index in [0.29, 0.717) is 51.7 Å². The van der Waals surface area contributed by atoms with Gasteiger partial charge in [0.2, 0.25) is 5.82 Å². The summed E-state index contributed by atoms with van der Waals surface area (Å²) in [5, 5.41) is 5.92. The summed E-state index contributed by atoms with van der Waals surface area (Å²) in [6.45, 7) is 0.350. The highest BCUT2D eigenvalue weighted by Gasteiger charge is 2.17. The third-order valence-electron chi connectivity index (χ3n) is 6.41. The Bertz CT molecular complexity index is 2070. The molecular formula is C31H19Br3IN3O4. The maximum absolute atomic E-state index is 13.6. The number of halogens is 4. The molecule has 0 amide bonds. The highest BCUT2D eigenvalue weighted by molar-refractivity contribution is 14.1. The van der Waals surface area contributed by atoms with E-state index in [-0.39, 0.29) is 5.56 Å². The average Bonchev–Trinajstić information content (AvgIpc) is 3.39. The van der Waals surface area contributed by atoms with Gasteiger partial charge in [0.05, 0.1) is 27.8 Å². The first-order valence-corrected chi connectivity index (χ1v) is 16.0. The van der Waals surface area contributed by atoms with E-state index >= 15 is 0 Å². The van der Waals surface area contributed by atoms with Gasteiger partial charge in [-0.1, -0.05) is 66.0 Å². The Kier molecular flexibility index (Phi) is 8.53. The fourth-order valence-corrected chi connectivity index (χ4v) is 6.70. The molecule has 7 nitrogen and oxygen atoms in total. The largest absolute Gasteiger partial charge is 0.493 e. The van der Waals surface area contributed by atoms with Crippen LogP contribution in [0, 0.1) is 3.57 Å². The van der Waals surface area contributed by atoms with Crippen LogP contribution in [0.2, 0.25) is 0 Å². The predicted octanol–water partition coefficient (Wildman–Crippen LogP) is 9.17. The van der Waals surface area contributed by atoms with E-state index in [1.165, 1.54) is 4.68 Å². The first-order valence-electron chi connectivity index (χ1n) is 12.5. The van der Waals surface area contributed by atoms with Crippen LogP contribution in [0.5, 0.6) is 11.5 Å². The lowest BCUT2D eigenvalue weighted by Crippen LogP contribution is -2.20. The predicted molar refractivity (Wildman–Crippen MR) is 184 cm³/mol. The monoisotopic (exact) mass is 861 g/mol. The van der Waals surface area contributed by atoms with E-state index in [1.807, 2.05) is 60.7 Å². The summed E-state index contributed by atoms with van der Waals surface area (Å²) in [7, 11) is 1.59. The van der Waals surface area contributed by atoms with Crippen molar-refractivity contribution in [2.45, 2.75) is 6.61 Å². The second-order valence-electron chi connectivity index (χ2n) is 9.17. The quantitative estimate of drug-likeness (QED) is 0.118. The second-order valence-corrected chi connectivity index (χ2v) is 13.0. The zero-order chi connectivity index (χ0) is 29.4. The molecule has 6 aromatic rings. The van der Waals surface area contributed by atoms with Crippen molar-refractivity contribution < 1.29 is 13.9 Å². The van der Waals surface area contributed by atoms with Gasteiger partial charge >= 0.3 is 0 Å². The standard InChI is InChI=1S/C31H19Br3IN3O4/c1-40-27-11-17(10-24(35)29(27)41-16-18-6-7-21(33)14-23(18)34)15-36-38-30(37-25-5-3-2-4-22(25)31(38)39)28-13-19-12-20(32)8-9-26(19)42-28/h2-15H,16H2,1H3. The lowest BCUT2D eigenvalue weighted by molar-refractivity contribution is 0.281. The highest BCUT2D eigenvalue weighted by Crippen LogP contribution is 2.35. The molecule has 0 N–H and O–H groups in total. The van der Waals surface area contributed by atoms with Gasteiger partial charge in [-0.25, -0.2) is 4.98 Å². The first-order chi connectivity index (χ1) is 20.3. The van der Waals surface area contributed by atoms with Crippen LogP contribution in [0.15, 0.2) is 107 Å². The Morgan fingerprint density at radius 2 is 1.79 bits per heavy atom. The molecule has 0 aliphatic heterocycles. The Balaban J connectivity index is 1.39. The molecule has 0 bridgehead atoms. The fraction of sp³-hybridized carbons (Fsp3) is 0.0645. The van der Waals surface area contributed by atoms with Crippen LogP contribution in [-0.2, 0) is 6.61 Å². The first kappa shape index (κ1) is 29.1. The van der Waals surface area contributed by atoms with Crippen molar-refractivity contribution >= 4 is 98.5 Å². The molecule has 0 radical (unpaired) electrons. The molecule has 0 fully saturated rings. The summed E-state index contributed by atoms with van der Waals surface area (Å²) in [5.41, 5.74) is 2.63. The molecule has 0 atom stereocenters. The van der Waals surface area contributed by atoms with Crippen molar-refractivity contribution in [2.24, 2.45) is 5.10 Å². The topological polar surface area (TPSA) is 78.9 Å². The molecule has 0 saturated heterocycles. The summed E-state index contributed by atoms with van der Waals surface area (Å²) >= 11 is 12.8. The number of fused-ring (bicyclic) bond motifs is 2. The van der Waals surface area contributed by atoms with E-state index in [4.69, 9.17) is 18.9 Å². The summed E-state index contributed by atoms with van der Waals surface area (Å²) in [6, 6.07) is 24.4. The smallest absolute Gasteiger partial charge is 0.282 e. The molecule has 0 spiro atoms. The lowest BCUT2D eigenvalue weighted by atomic mass is 10.2. The van der Waals surface area contributed by atoms with Crippen molar-refractivity contribution in [1.29, 1.82) is 0 Å². The second kappa shape index (κ2) is 12.3. The van der Waals surface area contributed by atoms with E-state index in [0.717, 1.165) is 27.9 Å². The minimum atomic E-state index is -0.310. The van der Waals surface area contributed by atoms with Crippen molar-refractivity contribution in [2.75, 3.05) is 7.11 Å². The van der Waals surface area contributed by atoms with Crippen LogP contribution < -0.4 is 15.0 Å². The summed E-state index contributed by atoms with van der Waals surface area (Å²) in [4.78, 5) is 18.4. The molecule has 0 aliphatic carbocycles. The maximum atomic E-state index is 13.6. The molecule has 210 valence electrons. The molecule has 0 unspecified atom stereocenters. The third-order valence-corrected chi connectivity index (χ3v) is 8.94. The van der Waals surface area contributed by atoms with E-state index in [9.17, 15) is 4.79 Å². The normalized spacial score (nSPS) is 11.5. The number of rotatable bonds is 7. The van der Waals surface area contributed by atoms with Gasteiger partial charge in [-0.2, -0.15) is 9.78 Å². The van der Waals surface area contributed by atoms with Gasteiger partial charge in [0.25, 0.3) is 5.56 Å². The molecule has 6 rings (SSSR count). The van der Waals surface area contributed by atoms with Crippen molar-refractivity contribution in [3.05, 3.63) is 117 Å². The van der Waals surface area contributed by atoms with Crippen molar-refractivity contribution in [3.8, 4) is 23.1 Å². The van der Waals surface area contributed by atoms with Crippen LogP contribution in [0.3, 0.4) is 0 Å². The Labute approximate surface area is 279 Å². The number of ether oxygens (including phenoxy) is 2. The van der Waals surface area contributed by atoms with Gasteiger partial charge in [-0.15, -0.1) is 0 Å². The number of nitrogens with zero attached hydrogens (tertiary/aromatic N) is 3. The lowest BCUT2D eigenvalue weighted by Gasteiger charge is -2.14. The van der Waals surface area contributed by atoms with E-state index < -0.39 is 0 Å². The number of aromatic nitrogens is 2. The van der Waals surface area contributed by atoms with Gasteiger partial charge in [0.15, 0.2) is 17.3 Å². The maximum Gasteiger partial charge on any atom is 0.282 e. The van der Waals surface area contributed by atoms with Gasteiger partial charge in [-0.05, 0) is 88.8 Å². The SMILES string of the molecule is COc1cc(C=Nn2c(-c3cc4cc(Br)ccc4o3)nc3ccccc3c2=O)cc(I)c1OCc1ccc(Br)cc1Br. The molecule has 0 saturated carbocycles. The molecule has 11 heteroatoms. The highest BCUT2D eigenvalue weighted by atomic mass is 127. The molecular weight excluding hydrogens is 845 g/mol. The van der Waals surface area contributed by atoms with Crippen molar-refractivity contribution in [1.82, 2.24) is 9.66 Å². The van der Waals surface area contributed by atoms with Gasteiger partial charge in [0, 0.05) is 24.4 Å². The van der Waals surface area contributed by atoms with E-state index in [1.54, 1.807) is 31.5 Å². The summed E-state index contributed by atoms with van der Waals surface area (Å²) in [6.07, 6.45) is 1.60. The van der Waals surface area contributed by atoms with Crippen LogP contribution in [0.25, 0.3) is 33.5 Å². The molecule has 42 heavy (non-hydrogen) atoms. The average molecular weight is 864 g/mol. The van der Waals surface area contributed by atoms with Crippen LogP contribution in [-0.4, -0.2) is 23.0 Å². The summed E-state index contributed by atoms with van der Waals surface area (Å²) < 4.78 is 22.9. The Hall–Kier alpha value is -3.00. The molecule has 2 heterocycles. The molecule has 4 aromatic carbocycles. The van der Waals surface area contributed by atoms with E-state index in [2.05, 4.69) is 75.5 Å². The number of hydrogen-bond donors (Lipinski definition) is 0. The van der Waals surface area contributed by atoms with Crippen LogP contribution in [0.4, 0.5) is 0 Å². The number of benzene rings is 4. The fourth-order valence-electron chi connectivity index (χ4n) is 4.38.